The number of hydrogen-bond acceptors (Lipinski definition) is 2. The molecule has 1 aliphatic carbocycles. The van der Waals surface area contributed by atoms with Gasteiger partial charge in [-0.2, -0.15) is 0 Å². The Bertz CT molecular complexity index is 443. The minimum absolute atomic E-state index is 0.327. The van der Waals surface area contributed by atoms with Gasteiger partial charge in [-0.15, -0.1) is 0 Å². The Hall–Kier alpha value is -1.32. The maximum absolute atomic E-state index is 13.3. The third-order valence-electron chi connectivity index (χ3n) is 3.62. The lowest BCUT2D eigenvalue weighted by molar-refractivity contribution is 0.506. The minimum Gasteiger partial charge on any atom is -0.381 e. The van der Waals surface area contributed by atoms with Gasteiger partial charge in [-0.05, 0) is 25.7 Å². The first-order valence-electron chi connectivity index (χ1n) is 6.14. The van der Waals surface area contributed by atoms with Gasteiger partial charge in [-0.1, -0.05) is 0 Å². The van der Waals surface area contributed by atoms with Crippen molar-refractivity contribution in [1.29, 1.82) is 0 Å². The number of rotatable bonds is 2. The highest BCUT2D eigenvalue weighted by Gasteiger charge is 2.30. The second kappa shape index (κ2) is 3.86. The van der Waals surface area contributed by atoms with Crippen molar-refractivity contribution < 1.29 is 8.78 Å². The molecule has 2 nitrogen and oxygen atoms in total. The lowest BCUT2D eigenvalue weighted by atomic mass is 10.1. The number of anilines is 2. The molecular weight excluding hydrogens is 222 g/mol. The van der Waals surface area contributed by atoms with E-state index in [9.17, 15) is 8.78 Å². The van der Waals surface area contributed by atoms with Gasteiger partial charge < -0.3 is 10.2 Å². The fourth-order valence-corrected chi connectivity index (χ4v) is 2.38. The maximum atomic E-state index is 13.3. The molecule has 0 aromatic heterocycles. The summed E-state index contributed by atoms with van der Waals surface area (Å²) in [7, 11) is 0. The number of halogens is 2. The van der Waals surface area contributed by atoms with E-state index in [2.05, 4.69) is 17.1 Å². The molecule has 17 heavy (non-hydrogen) atoms. The summed E-state index contributed by atoms with van der Waals surface area (Å²) in [4.78, 5) is 2.20. The first-order chi connectivity index (χ1) is 8.15. The Morgan fingerprint density at radius 3 is 2.71 bits per heavy atom. The standard InChI is InChI=1S/C13H16F2N2/c1-8-6-16-12-4-10(14)11(15)5-13(12)17(8)7-9-2-3-9/h4-5,8-9,16H,2-3,6-7H2,1H3. The molecule has 2 aliphatic rings. The van der Waals surface area contributed by atoms with Crippen molar-refractivity contribution in [3.05, 3.63) is 23.8 Å². The van der Waals surface area contributed by atoms with Crippen LogP contribution in [0.3, 0.4) is 0 Å². The number of hydrogen-bond donors (Lipinski definition) is 1. The second-order valence-corrected chi connectivity index (χ2v) is 5.11. The molecule has 4 heteroatoms. The molecule has 1 unspecified atom stereocenters. The lowest BCUT2D eigenvalue weighted by Gasteiger charge is -2.38. The summed E-state index contributed by atoms with van der Waals surface area (Å²) < 4.78 is 26.5. The molecule has 1 aromatic rings. The smallest absolute Gasteiger partial charge is 0.161 e. The fourth-order valence-electron chi connectivity index (χ4n) is 2.38. The Morgan fingerprint density at radius 1 is 1.29 bits per heavy atom. The van der Waals surface area contributed by atoms with Crippen LogP contribution in [-0.4, -0.2) is 19.1 Å². The van der Waals surface area contributed by atoms with Crippen molar-refractivity contribution in [2.24, 2.45) is 5.92 Å². The van der Waals surface area contributed by atoms with Crippen LogP contribution < -0.4 is 10.2 Å². The zero-order valence-corrected chi connectivity index (χ0v) is 9.84. The quantitative estimate of drug-likeness (QED) is 0.852. The second-order valence-electron chi connectivity index (χ2n) is 5.11. The summed E-state index contributed by atoms with van der Waals surface area (Å²) in [6.07, 6.45) is 2.52. The zero-order chi connectivity index (χ0) is 12.0. The normalized spacial score (nSPS) is 23.2. The van der Waals surface area contributed by atoms with E-state index in [1.54, 1.807) is 0 Å². The summed E-state index contributed by atoms with van der Waals surface area (Å²) >= 11 is 0. The van der Waals surface area contributed by atoms with E-state index >= 15 is 0 Å². The van der Waals surface area contributed by atoms with Gasteiger partial charge in [0.1, 0.15) is 0 Å². The van der Waals surface area contributed by atoms with Gasteiger partial charge in [0, 0.05) is 31.3 Å². The van der Waals surface area contributed by atoms with E-state index in [4.69, 9.17) is 0 Å². The topological polar surface area (TPSA) is 15.3 Å². The van der Waals surface area contributed by atoms with Gasteiger partial charge in [0.05, 0.1) is 11.4 Å². The number of benzene rings is 1. The van der Waals surface area contributed by atoms with Gasteiger partial charge in [-0.3, -0.25) is 0 Å². The van der Waals surface area contributed by atoms with Crippen molar-refractivity contribution in [2.75, 3.05) is 23.3 Å². The molecule has 0 bridgehead atoms. The fraction of sp³-hybridized carbons (Fsp3) is 0.538. The Morgan fingerprint density at radius 2 is 2.00 bits per heavy atom. The van der Waals surface area contributed by atoms with Crippen LogP contribution in [0.5, 0.6) is 0 Å². The molecule has 1 fully saturated rings. The molecule has 1 atom stereocenters. The highest BCUT2D eigenvalue weighted by Crippen LogP contribution is 2.37. The van der Waals surface area contributed by atoms with Crippen molar-refractivity contribution in [3.8, 4) is 0 Å². The Labute approximate surface area is 99.6 Å². The van der Waals surface area contributed by atoms with Crippen LogP contribution in [0, 0.1) is 17.6 Å². The first-order valence-corrected chi connectivity index (χ1v) is 6.14. The summed E-state index contributed by atoms with van der Waals surface area (Å²) in [6.45, 7) is 3.85. The number of nitrogens with one attached hydrogen (secondary N) is 1. The van der Waals surface area contributed by atoms with Crippen molar-refractivity contribution in [2.45, 2.75) is 25.8 Å². The van der Waals surface area contributed by atoms with Crippen LogP contribution in [-0.2, 0) is 0 Å². The Kier molecular flexibility index (Phi) is 2.45. The van der Waals surface area contributed by atoms with Gasteiger partial charge in [0.15, 0.2) is 11.6 Å². The molecular formula is C13H16F2N2. The average Bonchev–Trinajstić information content (AvgIpc) is 3.09. The molecule has 1 aliphatic heterocycles. The van der Waals surface area contributed by atoms with E-state index in [-0.39, 0.29) is 0 Å². The maximum Gasteiger partial charge on any atom is 0.161 e. The average molecular weight is 238 g/mol. The molecule has 3 rings (SSSR count). The van der Waals surface area contributed by atoms with E-state index in [0.717, 1.165) is 24.7 Å². The molecule has 1 heterocycles. The highest BCUT2D eigenvalue weighted by atomic mass is 19.2. The van der Waals surface area contributed by atoms with E-state index in [1.807, 2.05) is 0 Å². The zero-order valence-electron chi connectivity index (χ0n) is 9.84. The van der Waals surface area contributed by atoms with Crippen LogP contribution in [0.1, 0.15) is 19.8 Å². The van der Waals surface area contributed by atoms with Crippen LogP contribution >= 0.6 is 0 Å². The van der Waals surface area contributed by atoms with E-state index in [0.29, 0.717) is 11.7 Å². The van der Waals surface area contributed by atoms with Gasteiger partial charge in [-0.25, -0.2) is 8.78 Å². The molecule has 1 N–H and O–H groups in total. The molecule has 0 radical (unpaired) electrons. The van der Waals surface area contributed by atoms with Gasteiger partial charge in [0.25, 0.3) is 0 Å². The van der Waals surface area contributed by atoms with Crippen LogP contribution in [0.25, 0.3) is 0 Å². The van der Waals surface area contributed by atoms with Crippen LogP contribution in [0.2, 0.25) is 0 Å². The lowest BCUT2D eigenvalue weighted by Crippen LogP contribution is -2.43. The van der Waals surface area contributed by atoms with Crippen molar-refractivity contribution in [3.63, 3.8) is 0 Å². The first kappa shape index (κ1) is 10.8. The van der Waals surface area contributed by atoms with Crippen LogP contribution in [0.15, 0.2) is 12.1 Å². The summed E-state index contributed by atoms with van der Waals surface area (Å²) in [5.41, 5.74) is 1.51. The van der Waals surface area contributed by atoms with Crippen molar-refractivity contribution >= 4 is 11.4 Å². The van der Waals surface area contributed by atoms with E-state index in [1.165, 1.54) is 25.0 Å². The molecule has 0 spiro atoms. The van der Waals surface area contributed by atoms with E-state index < -0.39 is 11.6 Å². The molecule has 0 saturated heterocycles. The predicted octanol–water partition coefficient (Wildman–Crippen LogP) is 3.00. The molecule has 0 amide bonds. The largest absolute Gasteiger partial charge is 0.381 e. The monoisotopic (exact) mass is 238 g/mol. The highest BCUT2D eigenvalue weighted by molar-refractivity contribution is 5.73. The van der Waals surface area contributed by atoms with Crippen LogP contribution in [0.4, 0.5) is 20.2 Å². The SMILES string of the molecule is CC1CNc2cc(F)c(F)cc2N1CC1CC1. The third kappa shape index (κ3) is 1.96. The molecule has 1 saturated carbocycles. The summed E-state index contributed by atoms with van der Waals surface area (Å²) in [5.74, 6) is -0.811. The number of nitrogens with zero attached hydrogens (tertiary/aromatic N) is 1. The molecule has 92 valence electrons. The molecule has 1 aromatic carbocycles. The minimum atomic E-state index is -0.780. The third-order valence-corrected chi connectivity index (χ3v) is 3.62. The van der Waals surface area contributed by atoms with Gasteiger partial charge in [0.2, 0.25) is 0 Å². The summed E-state index contributed by atoms with van der Waals surface area (Å²) in [5, 5.41) is 3.16. The predicted molar refractivity (Wildman–Crippen MR) is 64.4 cm³/mol. The Balaban J connectivity index is 1.97. The van der Waals surface area contributed by atoms with Gasteiger partial charge >= 0.3 is 0 Å². The summed E-state index contributed by atoms with van der Waals surface area (Å²) in [6, 6.07) is 2.90. The van der Waals surface area contributed by atoms with Crippen molar-refractivity contribution in [1.82, 2.24) is 0 Å². The number of fused-ring (bicyclic) bond motifs is 1.